The minimum absolute atomic E-state index is 0.0625. The Bertz CT molecular complexity index is 1690. The Morgan fingerprint density at radius 3 is 1.78 bits per heavy atom. The molecule has 0 N–H and O–H groups in total. The van der Waals surface area contributed by atoms with Crippen LogP contribution in [0.3, 0.4) is 0 Å². The van der Waals surface area contributed by atoms with Crippen LogP contribution in [0.2, 0.25) is 0 Å². The Morgan fingerprint density at radius 2 is 1.11 bits per heavy atom. The van der Waals surface area contributed by atoms with E-state index in [2.05, 4.69) is 126 Å². The van der Waals surface area contributed by atoms with Gasteiger partial charge in [-0.3, -0.25) is 0 Å². The van der Waals surface area contributed by atoms with Crippen molar-refractivity contribution in [1.82, 2.24) is 0 Å². The van der Waals surface area contributed by atoms with Gasteiger partial charge in [0, 0.05) is 5.41 Å². The van der Waals surface area contributed by atoms with Crippen molar-refractivity contribution in [1.29, 1.82) is 0 Å². The van der Waals surface area contributed by atoms with Crippen molar-refractivity contribution in [3.63, 3.8) is 0 Å². The van der Waals surface area contributed by atoms with E-state index in [0.29, 0.717) is 0 Å². The maximum atomic E-state index is 2.52. The van der Waals surface area contributed by atoms with Gasteiger partial charge in [-0.05, 0) is 96.3 Å². The molecule has 0 atom stereocenters. The molecule has 0 aromatic heterocycles. The van der Waals surface area contributed by atoms with Crippen LogP contribution in [-0.2, 0) is 10.8 Å². The Morgan fingerprint density at radius 1 is 0.541 bits per heavy atom. The Labute approximate surface area is 221 Å². The predicted octanol–water partition coefficient (Wildman–Crippen LogP) is 10.5. The van der Waals surface area contributed by atoms with Crippen LogP contribution >= 0.6 is 0 Å². The third-order valence-corrected chi connectivity index (χ3v) is 9.29. The molecule has 7 rings (SSSR count). The van der Waals surface area contributed by atoms with E-state index in [4.69, 9.17) is 0 Å². The number of hydrogen-bond donors (Lipinski definition) is 0. The minimum Gasteiger partial charge on any atom is -0.0642 e. The quantitative estimate of drug-likeness (QED) is 0.237. The second-order valence-corrected chi connectivity index (χ2v) is 12.0. The maximum Gasteiger partial charge on any atom is 0.0210 e. The normalized spacial score (nSPS) is 14.5. The molecule has 0 unspecified atom stereocenters. The minimum atomic E-state index is 0.0625. The van der Waals surface area contributed by atoms with E-state index in [-0.39, 0.29) is 10.8 Å². The molecule has 182 valence electrons. The number of rotatable bonds is 3. The second-order valence-electron chi connectivity index (χ2n) is 12.0. The average Bonchev–Trinajstić information content (AvgIpc) is 3.39. The third kappa shape index (κ3) is 2.96. The molecule has 2 aliphatic carbocycles. The summed E-state index contributed by atoms with van der Waals surface area (Å²) in [5.41, 5.74) is 15.6. The molecule has 0 saturated heterocycles. The molecule has 0 saturated carbocycles. The van der Waals surface area contributed by atoms with Gasteiger partial charge in [-0.15, -0.1) is 0 Å². The standard InChI is InChI=1S/C37H34/c1-6-37(7-2)33-21-23(15-17-28(33)29-18-16-24(22-34(29)37)36(3,4)5)25-19-20-32-27-12-9-8-11-26(27)31-14-10-13-30(25)35(31)32/h8-22H,6-7H2,1-5H3. The molecule has 37 heavy (non-hydrogen) atoms. The van der Waals surface area contributed by atoms with E-state index < -0.39 is 0 Å². The van der Waals surface area contributed by atoms with Crippen LogP contribution in [0.25, 0.3) is 55.3 Å². The van der Waals surface area contributed by atoms with Crippen LogP contribution in [0.4, 0.5) is 0 Å². The highest BCUT2D eigenvalue weighted by atomic mass is 14.4. The van der Waals surface area contributed by atoms with E-state index in [1.807, 2.05) is 0 Å². The summed E-state index contributed by atoms with van der Waals surface area (Å²) in [6.07, 6.45) is 2.22. The lowest BCUT2D eigenvalue weighted by Gasteiger charge is -2.31. The Hall–Kier alpha value is -3.64. The molecule has 5 aromatic carbocycles. The summed E-state index contributed by atoms with van der Waals surface area (Å²) in [5.74, 6) is 0. The highest BCUT2D eigenvalue weighted by Gasteiger charge is 2.41. The van der Waals surface area contributed by atoms with Crippen molar-refractivity contribution in [3.05, 3.63) is 108 Å². The Kier molecular flexibility index (Phi) is 4.68. The van der Waals surface area contributed by atoms with Crippen molar-refractivity contribution < 1.29 is 0 Å². The fraction of sp³-hybridized carbons (Fsp3) is 0.243. The van der Waals surface area contributed by atoms with Gasteiger partial charge in [-0.2, -0.15) is 0 Å². The zero-order valence-corrected chi connectivity index (χ0v) is 22.6. The third-order valence-electron chi connectivity index (χ3n) is 9.29. The summed E-state index contributed by atoms with van der Waals surface area (Å²) in [4.78, 5) is 0. The topological polar surface area (TPSA) is 0 Å². The summed E-state index contributed by atoms with van der Waals surface area (Å²) in [5, 5.41) is 2.76. The first-order chi connectivity index (χ1) is 17.9. The van der Waals surface area contributed by atoms with Gasteiger partial charge in [0.1, 0.15) is 0 Å². The molecule has 0 bridgehead atoms. The van der Waals surface area contributed by atoms with Crippen LogP contribution in [0.5, 0.6) is 0 Å². The summed E-state index contributed by atoms with van der Waals surface area (Å²) in [7, 11) is 0. The van der Waals surface area contributed by atoms with Gasteiger partial charge in [-0.1, -0.05) is 120 Å². The summed E-state index contributed by atoms with van der Waals surface area (Å²) in [6, 6.07) is 34.9. The first kappa shape index (κ1) is 22.5. The van der Waals surface area contributed by atoms with E-state index in [1.165, 1.54) is 72.0 Å². The zero-order valence-electron chi connectivity index (χ0n) is 22.6. The molecule has 0 amide bonds. The molecule has 0 heterocycles. The lowest BCUT2D eigenvalue weighted by molar-refractivity contribution is 0.488. The van der Waals surface area contributed by atoms with Crippen molar-refractivity contribution in [3.8, 4) is 44.5 Å². The SMILES string of the molecule is CCC1(CC)c2cc(-c3ccc4c5c(cccc35)-c3ccccc3-4)ccc2-c2ccc(C(C)(C)C)cc21. The molecule has 0 heteroatoms. The highest BCUT2D eigenvalue weighted by Crippen LogP contribution is 2.55. The second kappa shape index (κ2) is 7.68. The molecule has 0 radical (unpaired) electrons. The number of hydrogen-bond acceptors (Lipinski definition) is 0. The van der Waals surface area contributed by atoms with Crippen molar-refractivity contribution >= 4 is 10.8 Å². The Balaban J connectivity index is 1.44. The summed E-state index contributed by atoms with van der Waals surface area (Å²) in [6.45, 7) is 11.7. The fourth-order valence-corrected chi connectivity index (χ4v) is 7.20. The molecule has 0 spiro atoms. The van der Waals surface area contributed by atoms with E-state index in [9.17, 15) is 0 Å². The van der Waals surface area contributed by atoms with Gasteiger partial charge >= 0.3 is 0 Å². The number of benzene rings is 5. The van der Waals surface area contributed by atoms with Gasteiger partial charge in [-0.25, -0.2) is 0 Å². The fourth-order valence-electron chi connectivity index (χ4n) is 7.20. The molecule has 0 nitrogen and oxygen atoms in total. The van der Waals surface area contributed by atoms with Crippen LogP contribution in [0.15, 0.2) is 91.0 Å². The monoisotopic (exact) mass is 478 g/mol. The zero-order chi connectivity index (χ0) is 25.5. The van der Waals surface area contributed by atoms with Gasteiger partial charge < -0.3 is 0 Å². The van der Waals surface area contributed by atoms with Crippen LogP contribution in [-0.4, -0.2) is 0 Å². The maximum absolute atomic E-state index is 2.52. The summed E-state index contributed by atoms with van der Waals surface area (Å²) < 4.78 is 0. The van der Waals surface area contributed by atoms with Gasteiger partial charge in [0.2, 0.25) is 0 Å². The molecule has 2 aliphatic rings. The molecule has 5 aromatic rings. The lowest BCUT2D eigenvalue weighted by Crippen LogP contribution is -2.24. The highest BCUT2D eigenvalue weighted by molar-refractivity contribution is 6.18. The van der Waals surface area contributed by atoms with Crippen LogP contribution < -0.4 is 0 Å². The smallest absolute Gasteiger partial charge is 0.0210 e. The first-order valence-corrected chi connectivity index (χ1v) is 13.8. The first-order valence-electron chi connectivity index (χ1n) is 13.8. The molecule has 0 fully saturated rings. The predicted molar refractivity (Wildman–Crippen MR) is 159 cm³/mol. The van der Waals surface area contributed by atoms with Gasteiger partial charge in [0.05, 0.1) is 0 Å². The van der Waals surface area contributed by atoms with Crippen molar-refractivity contribution in [2.24, 2.45) is 0 Å². The molecular formula is C37H34. The number of fused-ring (bicyclic) bond motifs is 6. The van der Waals surface area contributed by atoms with E-state index in [1.54, 1.807) is 0 Å². The van der Waals surface area contributed by atoms with Crippen molar-refractivity contribution in [2.75, 3.05) is 0 Å². The van der Waals surface area contributed by atoms with Gasteiger partial charge in [0.15, 0.2) is 0 Å². The molecular weight excluding hydrogens is 444 g/mol. The van der Waals surface area contributed by atoms with Crippen molar-refractivity contribution in [2.45, 2.75) is 58.3 Å². The largest absolute Gasteiger partial charge is 0.0642 e. The van der Waals surface area contributed by atoms with Crippen LogP contribution in [0.1, 0.15) is 64.2 Å². The van der Waals surface area contributed by atoms with Crippen LogP contribution in [0, 0.1) is 0 Å². The lowest BCUT2D eigenvalue weighted by atomic mass is 9.72. The molecule has 0 aliphatic heterocycles. The van der Waals surface area contributed by atoms with E-state index in [0.717, 1.165) is 12.8 Å². The summed E-state index contributed by atoms with van der Waals surface area (Å²) >= 11 is 0. The van der Waals surface area contributed by atoms with E-state index >= 15 is 0 Å². The van der Waals surface area contributed by atoms with Gasteiger partial charge in [0.25, 0.3) is 0 Å². The average molecular weight is 479 g/mol.